The van der Waals surface area contributed by atoms with Gasteiger partial charge in [0.25, 0.3) is 16.7 Å². The van der Waals surface area contributed by atoms with Crippen molar-refractivity contribution in [1.82, 2.24) is 20.2 Å². The van der Waals surface area contributed by atoms with E-state index in [2.05, 4.69) is 43.0 Å². The summed E-state index contributed by atoms with van der Waals surface area (Å²) >= 11 is 4.54. The lowest BCUT2D eigenvalue weighted by Gasteiger charge is -2.01. The number of nitrogens with zero attached hydrogens (tertiary/aromatic N) is 5. The molecule has 0 amide bonds. The number of aromatic amines is 1. The van der Waals surface area contributed by atoms with Crippen LogP contribution in [-0.2, 0) is 9.84 Å². The van der Waals surface area contributed by atoms with Crippen LogP contribution in [0, 0.1) is 0 Å². The first-order chi connectivity index (χ1) is 11.4. The third-order valence-electron chi connectivity index (χ3n) is 2.39. The number of aromatic nitrogens is 4. The van der Waals surface area contributed by atoms with Crippen molar-refractivity contribution >= 4 is 44.6 Å². The summed E-state index contributed by atoms with van der Waals surface area (Å²) in [4.78, 5) is 17.6. The Bertz CT molecular complexity index is 906. The fraction of sp³-hybridized carbons (Fsp3) is 0.400. The minimum absolute atomic E-state index is 0.0968. The topological polar surface area (TPSA) is 160 Å². The van der Waals surface area contributed by atoms with Crippen molar-refractivity contribution < 1.29 is 18.3 Å². The second-order valence-corrected chi connectivity index (χ2v) is 7.76. The van der Waals surface area contributed by atoms with E-state index in [0.717, 1.165) is 0 Å². The van der Waals surface area contributed by atoms with Gasteiger partial charge >= 0.3 is 0 Å². The molecule has 2 N–H and O–H groups in total. The highest BCUT2D eigenvalue weighted by molar-refractivity contribution is 7.94. The van der Waals surface area contributed by atoms with Crippen LogP contribution >= 0.6 is 24.0 Å². The molecule has 0 fully saturated rings. The van der Waals surface area contributed by atoms with Gasteiger partial charge in [-0.25, -0.2) is 8.42 Å². The molecule has 11 nitrogen and oxygen atoms in total. The van der Waals surface area contributed by atoms with Crippen molar-refractivity contribution in [2.75, 3.05) is 18.1 Å². The molecule has 0 bridgehead atoms. The van der Waals surface area contributed by atoms with E-state index in [1.165, 1.54) is 0 Å². The van der Waals surface area contributed by atoms with Crippen LogP contribution in [0.4, 0.5) is 10.8 Å². The molecule has 0 atom stereocenters. The molecule has 0 aliphatic rings. The number of aromatic hydroxyl groups is 1. The van der Waals surface area contributed by atoms with Gasteiger partial charge in [0.2, 0.25) is 25.7 Å². The third kappa shape index (κ3) is 4.27. The molecule has 2 aromatic rings. The molecular weight excluding hydrogens is 380 g/mol. The van der Waals surface area contributed by atoms with Gasteiger partial charge in [0.05, 0.1) is 12.4 Å². The van der Waals surface area contributed by atoms with Gasteiger partial charge in [-0.15, -0.1) is 20.4 Å². The molecule has 2 heterocycles. The van der Waals surface area contributed by atoms with E-state index < -0.39 is 27.0 Å². The molecule has 0 aromatic carbocycles. The Hall–Kier alpha value is -2.06. The zero-order valence-electron chi connectivity index (χ0n) is 12.2. The summed E-state index contributed by atoms with van der Waals surface area (Å²) in [6.45, 7) is 1.93. The maximum Gasteiger partial charge on any atom is 0.299 e. The highest BCUT2D eigenvalue weighted by Gasteiger charge is 2.19. The van der Waals surface area contributed by atoms with Crippen LogP contribution in [0.25, 0.3) is 0 Å². The van der Waals surface area contributed by atoms with E-state index >= 15 is 0 Å². The van der Waals surface area contributed by atoms with E-state index in [9.17, 15) is 18.3 Å². The summed E-state index contributed by atoms with van der Waals surface area (Å²) in [5.74, 6) is -0.733. The van der Waals surface area contributed by atoms with E-state index in [1.807, 2.05) is 0 Å². The summed E-state index contributed by atoms with van der Waals surface area (Å²) in [5, 5.41) is 23.8. The minimum Gasteiger partial charge on any atom is -0.491 e. The molecule has 0 radical (unpaired) electrons. The van der Waals surface area contributed by atoms with Crippen molar-refractivity contribution in [2.24, 2.45) is 10.2 Å². The number of ether oxygens (including phenoxy) is 1. The van der Waals surface area contributed by atoms with E-state index in [-0.39, 0.29) is 33.6 Å². The minimum atomic E-state index is -3.58. The summed E-state index contributed by atoms with van der Waals surface area (Å²) < 4.78 is 28.3. The maximum absolute atomic E-state index is 11.8. The zero-order chi connectivity index (χ0) is 17.7. The standard InChI is InChI=1S/C10H12N6O5S3/c1-2-21-8-11-6(17)5(7(18)12-8)13-14-9-15-16-10(23-9)24(19,20)4-3-22/h22H,2-4H2,1H3,(H2,11,12,17,18). The van der Waals surface area contributed by atoms with E-state index in [4.69, 9.17) is 4.74 Å². The molecule has 0 spiro atoms. The number of azo groups is 1. The Kier molecular flexibility index (Phi) is 5.84. The average molecular weight is 392 g/mol. The van der Waals surface area contributed by atoms with Crippen LogP contribution in [0.5, 0.6) is 11.9 Å². The van der Waals surface area contributed by atoms with Crippen molar-refractivity contribution in [1.29, 1.82) is 0 Å². The molecule has 0 saturated carbocycles. The van der Waals surface area contributed by atoms with Crippen LogP contribution < -0.4 is 10.3 Å². The maximum atomic E-state index is 11.8. The molecule has 2 aromatic heterocycles. The monoisotopic (exact) mass is 392 g/mol. The molecule has 24 heavy (non-hydrogen) atoms. The summed E-state index contributed by atoms with van der Waals surface area (Å²) in [7, 11) is -3.58. The van der Waals surface area contributed by atoms with Crippen molar-refractivity contribution in [2.45, 2.75) is 11.3 Å². The number of nitrogens with one attached hydrogen (secondary N) is 1. The SMILES string of the molecule is CCOc1nc(O)c(N=Nc2nnc(S(=O)(=O)CCS)s2)c(=O)[nH]1. The van der Waals surface area contributed by atoms with Gasteiger partial charge in [-0.3, -0.25) is 9.78 Å². The lowest BCUT2D eigenvalue weighted by molar-refractivity contribution is 0.304. The summed E-state index contributed by atoms with van der Waals surface area (Å²) in [6.07, 6.45) is 0. The Labute approximate surface area is 145 Å². The van der Waals surface area contributed by atoms with Crippen LogP contribution in [0.3, 0.4) is 0 Å². The Morgan fingerprint density at radius 1 is 1.38 bits per heavy atom. The van der Waals surface area contributed by atoms with Gasteiger partial charge in [-0.2, -0.15) is 17.6 Å². The lowest BCUT2D eigenvalue weighted by Crippen LogP contribution is -2.09. The van der Waals surface area contributed by atoms with Crippen LogP contribution in [0.1, 0.15) is 6.92 Å². The number of hydrogen-bond acceptors (Lipinski definition) is 12. The predicted octanol–water partition coefficient (Wildman–Crippen LogP) is 0.845. The molecule has 2 rings (SSSR count). The lowest BCUT2D eigenvalue weighted by atomic mass is 10.5. The number of thiol groups is 1. The Balaban J connectivity index is 2.26. The number of rotatable bonds is 7. The molecule has 130 valence electrons. The highest BCUT2D eigenvalue weighted by Crippen LogP contribution is 2.27. The number of H-pyrrole nitrogens is 1. The van der Waals surface area contributed by atoms with E-state index in [1.54, 1.807) is 6.92 Å². The number of sulfone groups is 1. The molecule has 0 aliphatic heterocycles. The summed E-state index contributed by atoms with van der Waals surface area (Å²) in [5.41, 5.74) is -1.24. The molecule has 0 saturated heterocycles. The first-order valence-corrected chi connectivity index (χ1v) is 9.52. The zero-order valence-corrected chi connectivity index (χ0v) is 14.7. The number of hydrogen-bond donors (Lipinski definition) is 3. The quantitative estimate of drug-likeness (QED) is 0.461. The second kappa shape index (κ2) is 7.67. The van der Waals surface area contributed by atoms with Crippen molar-refractivity contribution in [3.05, 3.63) is 10.4 Å². The molecule has 14 heteroatoms. The highest BCUT2D eigenvalue weighted by atomic mass is 32.2. The fourth-order valence-corrected chi connectivity index (χ4v) is 4.08. The van der Waals surface area contributed by atoms with Gasteiger partial charge in [0, 0.05) is 5.75 Å². The molecule has 0 aliphatic carbocycles. The van der Waals surface area contributed by atoms with Gasteiger partial charge < -0.3 is 9.84 Å². The fourth-order valence-electron chi connectivity index (χ4n) is 1.40. The smallest absolute Gasteiger partial charge is 0.299 e. The van der Waals surface area contributed by atoms with Gasteiger partial charge in [-0.05, 0) is 6.92 Å². The van der Waals surface area contributed by atoms with Gasteiger partial charge in [0.15, 0.2) is 0 Å². The Morgan fingerprint density at radius 2 is 2.12 bits per heavy atom. The summed E-state index contributed by atoms with van der Waals surface area (Å²) in [6, 6.07) is -0.157. The van der Waals surface area contributed by atoms with Gasteiger partial charge in [0.1, 0.15) is 0 Å². The van der Waals surface area contributed by atoms with Crippen molar-refractivity contribution in [3.63, 3.8) is 0 Å². The first-order valence-electron chi connectivity index (χ1n) is 6.42. The van der Waals surface area contributed by atoms with Crippen LogP contribution in [0.15, 0.2) is 19.4 Å². The molecule has 0 unspecified atom stereocenters. The van der Waals surface area contributed by atoms with Crippen molar-refractivity contribution in [3.8, 4) is 11.9 Å². The molecular formula is C10H12N6O5S3. The second-order valence-electron chi connectivity index (χ2n) is 4.07. The largest absolute Gasteiger partial charge is 0.491 e. The van der Waals surface area contributed by atoms with Gasteiger partial charge in [-0.1, -0.05) is 11.3 Å². The Morgan fingerprint density at radius 3 is 2.75 bits per heavy atom. The van der Waals surface area contributed by atoms with Crippen LogP contribution in [-0.4, -0.2) is 51.8 Å². The first kappa shape index (κ1) is 18.3. The van der Waals surface area contributed by atoms with E-state index in [0.29, 0.717) is 11.3 Å². The third-order valence-corrected chi connectivity index (χ3v) is 5.89. The average Bonchev–Trinajstić information content (AvgIpc) is 2.96. The van der Waals surface area contributed by atoms with Crippen LogP contribution in [0.2, 0.25) is 0 Å². The normalized spacial score (nSPS) is 11.9. The predicted molar refractivity (Wildman–Crippen MR) is 87.7 cm³/mol.